The molecule has 3 N–H and O–H groups in total. The molecule has 1 aromatic carbocycles. The van der Waals surface area contributed by atoms with E-state index in [1.54, 1.807) is 23.6 Å². The molecule has 11 nitrogen and oxygen atoms in total. The highest BCUT2D eigenvalue weighted by atomic mass is 32.2. The van der Waals surface area contributed by atoms with Crippen LogP contribution < -0.4 is 10.6 Å². The quantitative estimate of drug-likeness (QED) is 0.336. The van der Waals surface area contributed by atoms with Gasteiger partial charge in [-0.2, -0.15) is 0 Å². The predicted molar refractivity (Wildman–Crippen MR) is 213 cm³/mol. The van der Waals surface area contributed by atoms with Gasteiger partial charge >= 0.3 is 5.97 Å². The molecule has 4 rings (SSSR count). The first kappa shape index (κ1) is 43.5. The van der Waals surface area contributed by atoms with Gasteiger partial charge in [0.15, 0.2) is 0 Å². The van der Waals surface area contributed by atoms with Crippen molar-refractivity contribution in [3.63, 3.8) is 0 Å². The van der Waals surface area contributed by atoms with Crippen molar-refractivity contribution in [3.8, 4) is 0 Å². The monoisotopic (exact) mass is 768 g/mol. The molecule has 3 heterocycles. The molecule has 2 bridgehead atoms. The first-order valence-electron chi connectivity index (χ1n) is 20.0. The maximum Gasteiger partial charge on any atom is 0.329 e. The van der Waals surface area contributed by atoms with Crippen LogP contribution in [-0.2, 0) is 35.1 Å². The van der Waals surface area contributed by atoms with E-state index in [9.17, 15) is 29.1 Å². The minimum absolute atomic E-state index is 0.0249. The van der Waals surface area contributed by atoms with Crippen LogP contribution in [0.2, 0.25) is 0 Å². The zero-order chi connectivity index (χ0) is 39.7. The Morgan fingerprint density at radius 3 is 2.37 bits per heavy atom. The number of hydrogen-bond donors (Lipinski definition) is 3. The van der Waals surface area contributed by atoms with Crippen LogP contribution in [0, 0.1) is 30.1 Å². The van der Waals surface area contributed by atoms with Crippen LogP contribution in [0.1, 0.15) is 117 Å². The number of rotatable bonds is 4. The number of carbonyl (C=O) groups excluding carboxylic acids is 5. The maximum absolute atomic E-state index is 14.2. The number of nitrogens with zero attached hydrogens (tertiary/aromatic N) is 2. The number of thioether (sulfide) groups is 1. The highest BCUT2D eigenvalue weighted by molar-refractivity contribution is 8.14. The summed E-state index contributed by atoms with van der Waals surface area (Å²) in [7, 11) is 0. The molecule has 0 aliphatic carbocycles. The average molecular weight is 769 g/mol. The normalized spacial score (nSPS) is 31.0. The fraction of sp³-hybridized carbons (Fsp3) is 0.714. The van der Waals surface area contributed by atoms with E-state index in [1.165, 1.54) is 0 Å². The summed E-state index contributed by atoms with van der Waals surface area (Å²) in [6.07, 6.45) is 3.33. The summed E-state index contributed by atoms with van der Waals surface area (Å²) in [6.45, 7) is 15.9. The van der Waals surface area contributed by atoms with Crippen LogP contribution in [0.5, 0.6) is 0 Å². The molecule has 0 saturated carbocycles. The second-order valence-electron chi connectivity index (χ2n) is 17.2. The topological polar surface area (TPSA) is 154 Å². The molecule has 54 heavy (non-hydrogen) atoms. The van der Waals surface area contributed by atoms with Gasteiger partial charge in [0.1, 0.15) is 30.0 Å². The number of amides is 3. The van der Waals surface area contributed by atoms with E-state index in [-0.39, 0.29) is 47.8 Å². The molecule has 0 unspecified atom stereocenters. The van der Waals surface area contributed by atoms with Gasteiger partial charge < -0.3 is 25.4 Å². The number of cyclic esters (lactones) is 1. The minimum atomic E-state index is -0.977. The van der Waals surface area contributed by atoms with E-state index < -0.39 is 54.0 Å². The third-order valence-corrected chi connectivity index (χ3v) is 12.4. The molecule has 1 saturated heterocycles. The Morgan fingerprint density at radius 2 is 1.70 bits per heavy atom. The van der Waals surface area contributed by atoms with Gasteiger partial charge in [-0.3, -0.25) is 24.2 Å². The Balaban J connectivity index is 1.61. The average Bonchev–Trinajstić information content (AvgIpc) is 3.78. The molecule has 1 fully saturated rings. The fourth-order valence-corrected chi connectivity index (χ4v) is 8.68. The summed E-state index contributed by atoms with van der Waals surface area (Å²) in [5.41, 5.74) is 1.62. The number of ketones is 1. The number of esters is 1. The smallest absolute Gasteiger partial charge is 0.329 e. The molecule has 0 spiro atoms. The molecule has 0 aromatic heterocycles. The fourth-order valence-electron chi connectivity index (χ4n) is 7.52. The van der Waals surface area contributed by atoms with Crippen molar-refractivity contribution >= 4 is 46.3 Å². The summed E-state index contributed by atoms with van der Waals surface area (Å²) in [5, 5.41) is 17.7. The summed E-state index contributed by atoms with van der Waals surface area (Å²) >= 11 is 1.62. The Labute approximate surface area is 326 Å². The third kappa shape index (κ3) is 12.4. The van der Waals surface area contributed by atoms with E-state index in [0.717, 1.165) is 21.9 Å². The van der Waals surface area contributed by atoms with Gasteiger partial charge in [-0.05, 0) is 75.2 Å². The number of carbonyl (C=O) groups is 5. The summed E-state index contributed by atoms with van der Waals surface area (Å²) in [5.74, 6) is -1.91. The van der Waals surface area contributed by atoms with Gasteiger partial charge in [-0.15, -0.1) is 11.8 Å². The number of nitrogens with one attached hydrogen (secondary N) is 2. The molecule has 1 aromatic rings. The maximum atomic E-state index is 14.2. The molecule has 3 amide bonds. The zero-order valence-corrected chi connectivity index (χ0v) is 34.5. The van der Waals surface area contributed by atoms with Crippen molar-refractivity contribution < 1.29 is 33.8 Å². The number of aliphatic hydroxyl groups excluding tert-OH is 1. The molecule has 3 aliphatic rings. The van der Waals surface area contributed by atoms with Crippen molar-refractivity contribution in [2.45, 2.75) is 156 Å². The minimum Gasteiger partial charge on any atom is -0.460 e. The number of Topliss-reactive ketones (excluding diaryl/α,β-unsaturated/α-hetero) is 1. The SMILES string of the molecule is CC[C@H](C)[C@@H]1NC(=O)[C@H](C)NC(=O)[C@H](Cc2ccc(C)cc2)CC(=O)CC[C@@H]2CSC(=N2)C[C@@H](O)C[C@H](C)C[C@@H](C(C)(C)C)OC(=O)[C@@H]2CCCN2C1=O. The Bertz CT molecular complexity index is 1510. The molecular weight excluding hydrogens is 705 g/mol. The van der Waals surface area contributed by atoms with Crippen LogP contribution >= 0.6 is 11.8 Å². The Hall–Kier alpha value is -3.25. The van der Waals surface area contributed by atoms with Crippen LogP contribution in [0.25, 0.3) is 0 Å². The van der Waals surface area contributed by atoms with E-state index in [4.69, 9.17) is 9.73 Å². The first-order chi connectivity index (χ1) is 25.4. The number of benzene rings is 1. The van der Waals surface area contributed by atoms with E-state index in [1.807, 2.05) is 65.8 Å². The summed E-state index contributed by atoms with van der Waals surface area (Å²) in [6, 6.07) is 5.14. The van der Waals surface area contributed by atoms with Crippen molar-refractivity contribution in [2.24, 2.45) is 28.2 Å². The van der Waals surface area contributed by atoms with Gasteiger partial charge in [0.2, 0.25) is 17.7 Å². The number of ether oxygens (including phenoxy) is 1. The van der Waals surface area contributed by atoms with Gasteiger partial charge in [0.05, 0.1) is 17.2 Å². The van der Waals surface area contributed by atoms with Gasteiger partial charge in [0, 0.05) is 37.5 Å². The van der Waals surface area contributed by atoms with Crippen LogP contribution in [0.15, 0.2) is 29.3 Å². The number of aliphatic hydroxyl groups is 1. The second kappa shape index (κ2) is 19.6. The van der Waals surface area contributed by atoms with Crippen molar-refractivity contribution in [1.29, 1.82) is 0 Å². The molecular formula is C42H64N4O7S. The first-order valence-corrected chi connectivity index (χ1v) is 21.0. The lowest BCUT2D eigenvalue weighted by Crippen LogP contribution is -2.57. The van der Waals surface area contributed by atoms with Crippen molar-refractivity contribution in [3.05, 3.63) is 35.4 Å². The lowest BCUT2D eigenvalue weighted by molar-refractivity contribution is -0.164. The Morgan fingerprint density at radius 1 is 1.00 bits per heavy atom. The van der Waals surface area contributed by atoms with Crippen molar-refractivity contribution in [2.75, 3.05) is 12.3 Å². The van der Waals surface area contributed by atoms with E-state index in [0.29, 0.717) is 57.9 Å². The lowest BCUT2D eigenvalue weighted by atomic mass is 9.82. The lowest BCUT2D eigenvalue weighted by Gasteiger charge is -2.35. The largest absolute Gasteiger partial charge is 0.460 e. The van der Waals surface area contributed by atoms with E-state index >= 15 is 0 Å². The Kier molecular flexibility index (Phi) is 15.7. The summed E-state index contributed by atoms with van der Waals surface area (Å²) in [4.78, 5) is 75.3. The van der Waals surface area contributed by atoms with Gasteiger partial charge in [-0.1, -0.05) is 77.8 Å². The second-order valence-corrected chi connectivity index (χ2v) is 18.3. The highest BCUT2D eigenvalue weighted by Gasteiger charge is 2.42. The summed E-state index contributed by atoms with van der Waals surface area (Å²) < 4.78 is 6.22. The van der Waals surface area contributed by atoms with Crippen LogP contribution in [0.4, 0.5) is 0 Å². The molecule has 300 valence electrons. The van der Waals surface area contributed by atoms with Gasteiger partial charge in [-0.25, -0.2) is 4.79 Å². The molecule has 0 radical (unpaired) electrons. The zero-order valence-electron chi connectivity index (χ0n) is 33.7. The standard InChI is InChI=1S/C42H64N4O7S/c1-9-27(4)37-40(51)46-18-10-11-34(46)41(52)53-35(42(6,7)8)20-26(3)19-33(48)23-36-44-31(24-54-36)16-17-32(47)22-30(21-29-14-12-25(2)13-15-29)39(50)43-28(5)38(49)45-37/h12-15,26-28,30-31,33-35,37,48H,9-11,16-24H2,1-8H3,(H,43,50)(H,45,49)/t26-,27-,28-,30+,31+,33-,34-,35-,37-/m0/s1. The van der Waals surface area contributed by atoms with Crippen LogP contribution in [0.3, 0.4) is 0 Å². The molecule has 12 heteroatoms. The van der Waals surface area contributed by atoms with Crippen molar-refractivity contribution in [1.82, 2.24) is 15.5 Å². The van der Waals surface area contributed by atoms with Gasteiger partial charge in [0.25, 0.3) is 0 Å². The highest BCUT2D eigenvalue weighted by Crippen LogP contribution is 2.33. The van der Waals surface area contributed by atoms with E-state index in [2.05, 4.69) is 17.6 Å². The predicted octanol–water partition coefficient (Wildman–Crippen LogP) is 5.57. The number of fused-ring (bicyclic) bond motifs is 2. The number of aryl methyl sites for hydroxylation is 1. The number of aliphatic imine (C=N–C) groups is 1. The molecule has 9 atom stereocenters. The third-order valence-electron chi connectivity index (χ3n) is 11.2. The molecule has 3 aliphatic heterocycles. The van der Waals surface area contributed by atoms with Crippen LogP contribution in [-0.4, -0.2) is 93.2 Å². The number of hydrogen-bond acceptors (Lipinski definition) is 9.